The molecule has 0 amide bonds. The van der Waals surface area contributed by atoms with Crippen LogP contribution in [0.1, 0.15) is 41.4 Å². The van der Waals surface area contributed by atoms with Crippen molar-refractivity contribution in [1.82, 2.24) is 4.98 Å². The zero-order chi connectivity index (χ0) is 14.9. The summed E-state index contributed by atoms with van der Waals surface area (Å²) in [5.74, 6) is -0.0717. The Morgan fingerprint density at radius 3 is 2.50 bits per heavy atom. The number of H-pyrrole nitrogens is 1. The predicted molar refractivity (Wildman–Crippen MR) is 78.6 cm³/mol. The zero-order valence-electron chi connectivity index (χ0n) is 12.2. The fraction of sp³-hybridized carbons (Fsp3) is 0.312. The van der Waals surface area contributed by atoms with Crippen molar-refractivity contribution in [1.29, 1.82) is 0 Å². The SMILES string of the molecule is COc1ccc(C)cc1-c1cc(C(=O)O)c(C(C)C)[nH]1. The number of hydrogen-bond acceptors (Lipinski definition) is 2. The number of rotatable bonds is 4. The Hall–Kier alpha value is -2.23. The Kier molecular flexibility index (Phi) is 3.84. The van der Waals surface area contributed by atoms with Gasteiger partial charge < -0.3 is 14.8 Å². The third-order valence-electron chi connectivity index (χ3n) is 3.30. The number of ether oxygens (including phenoxy) is 1. The second kappa shape index (κ2) is 5.41. The smallest absolute Gasteiger partial charge is 0.337 e. The fourth-order valence-electron chi connectivity index (χ4n) is 2.28. The number of aromatic nitrogens is 1. The highest BCUT2D eigenvalue weighted by Gasteiger charge is 2.19. The molecule has 0 aliphatic carbocycles. The largest absolute Gasteiger partial charge is 0.496 e. The predicted octanol–water partition coefficient (Wildman–Crippen LogP) is 3.82. The highest BCUT2D eigenvalue weighted by atomic mass is 16.5. The minimum Gasteiger partial charge on any atom is -0.496 e. The van der Waals surface area contributed by atoms with E-state index in [0.717, 1.165) is 28.3 Å². The molecule has 0 spiro atoms. The van der Waals surface area contributed by atoms with Gasteiger partial charge in [-0.1, -0.05) is 25.5 Å². The maximum absolute atomic E-state index is 11.3. The standard InChI is InChI=1S/C16H19NO3/c1-9(2)15-12(16(18)19)8-13(17-15)11-7-10(3)5-6-14(11)20-4/h5-9,17H,1-4H3,(H,18,19). The van der Waals surface area contributed by atoms with Gasteiger partial charge >= 0.3 is 5.97 Å². The van der Waals surface area contributed by atoms with Crippen molar-refractivity contribution in [2.45, 2.75) is 26.7 Å². The van der Waals surface area contributed by atoms with Crippen molar-refractivity contribution in [3.8, 4) is 17.0 Å². The summed E-state index contributed by atoms with van der Waals surface area (Å²) in [6.45, 7) is 5.93. The maximum atomic E-state index is 11.3. The number of carbonyl (C=O) groups is 1. The van der Waals surface area contributed by atoms with Gasteiger partial charge in [-0.25, -0.2) is 4.79 Å². The molecule has 0 atom stereocenters. The molecule has 2 rings (SSSR count). The van der Waals surface area contributed by atoms with E-state index in [0.29, 0.717) is 5.56 Å². The van der Waals surface area contributed by atoms with Crippen molar-refractivity contribution in [2.24, 2.45) is 0 Å². The molecule has 0 bridgehead atoms. The second-order valence-electron chi connectivity index (χ2n) is 5.17. The third-order valence-corrected chi connectivity index (χ3v) is 3.30. The summed E-state index contributed by atoms with van der Waals surface area (Å²) in [6.07, 6.45) is 0. The van der Waals surface area contributed by atoms with Crippen LogP contribution in [0, 0.1) is 6.92 Å². The number of benzene rings is 1. The van der Waals surface area contributed by atoms with Gasteiger partial charge in [-0.2, -0.15) is 0 Å². The number of nitrogens with one attached hydrogen (secondary N) is 1. The van der Waals surface area contributed by atoms with E-state index < -0.39 is 5.97 Å². The number of aromatic amines is 1. The van der Waals surface area contributed by atoms with Gasteiger partial charge in [0.25, 0.3) is 0 Å². The van der Waals surface area contributed by atoms with Gasteiger partial charge in [0.05, 0.1) is 18.4 Å². The molecule has 1 aromatic heterocycles. The number of hydrogen-bond donors (Lipinski definition) is 2. The minimum atomic E-state index is -0.914. The van der Waals surface area contributed by atoms with Crippen LogP contribution in [-0.4, -0.2) is 23.2 Å². The van der Waals surface area contributed by atoms with Crippen LogP contribution in [0.3, 0.4) is 0 Å². The Morgan fingerprint density at radius 1 is 1.30 bits per heavy atom. The number of carboxylic acid groups (broad SMARTS) is 1. The first kappa shape index (κ1) is 14.2. The summed E-state index contributed by atoms with van der Waals surface area (Å²) >= 11 is 0. The average molecular weight is 273 g/mol. The minimum absolute atomic E-state index is 0.116. The van der Waals surface area contributed by atoms with Crippen LogP contribution in [0.4, 0.5) is 0 Å². The molecule has 1 heterocycles. The quantitative estimate of drug-likeness (QED) is 0.890. The normalized spacial score (nSPS) is 10.8. The molecule has 0 aliphatic heterocycles. The van der Waals surface area contributed by atoms with Gasteiger partial charge in [0, 0.05) is 11.3 Å². The molecule has 2 N–H and O–H groups in total. The first-order valence-corrected chi connectivity index (χ1v) is 6.55. The molecule has 0 saturated heterocycles. The lowest BCUT2D eigenvalue weighted by Crippen LogP contribution is -2.01. The summed E-state index contributed by atoms with van der Waals surface area (Å²) in [7, 11) is 1.61. The lowest BCUT2D eigenvalue weighted by molar-refractivity contribution is 0.0695. The zero-order valence-corrected chi connectivity index (χ0v) is 12.2. The summed E-state index contributed by atoms with van der Waals surface area (Å²) in [4.78, 5) is 14.6. The average Bonchev–Trinajstić information content (AvgIpc) is 2.83. The first-order valence-electron chi connectivity index (χ1n) is 6.55. The van der Waals surface area contributed by atoms with Gasteiger partial charge in [0.1, 0.15) is 5.75 Å². The van der Waals surface area contributed by atoms with Crippen molar-refractivity contribution >= 4 is 5.97 Å². The van der Waals surface area contributed by atoms with E-state index in [1.807, 2.05) is 39.0 Å². The molecular weight excluding hydrogens is 254 g/mol. The van der Waals surface area contributed by atoms with Crippen LogP contribution < -0.4 is 4.74 Å². The van der Waals surface area contributed by atoms with E-state index in [1.165, 1.54) is 0 Å². The molecule has 2 aromatic rings. The van der Waals surface area contributed by atoms with Crippen LogP contribution in [-0.2, 0) is 0 Å². The van der Waals surface area contributed by atoms with Crippen molar-refractivity contribution in [3.05, 3.63) is 41.1 Å². The summed E-state index contributed by atoms with van der Waals surface area (Å²) in [5.41, 5.74) is 3.79. The van der Waals surface area contributed by atoms with E-state index in [2.05, 4.69) is 4.98 Å². The topological polar surface area (TPSA) is 62.3 Å². The lowest BCUT2D eigenvalue weighted by Gasteiger charge is -2.08. The van der Waals surface area contributed by atoms with Gasteiger partial charge in [0.15, 0.2) is 0 Å². The van der Waals surface area contributed by atoms with Crippen LogP contribution >= 0.6 is 0 Å². The molecule has 1 aromatic carbocycles. The van der Waals surface area contributed by atoms with E-state index in [9.17, 15) is 9.90 Å². The van der Waals surface area contributed by atoms with Crippen molar-refractivity contribution < 1.29 is 14.6 Å². The number of aromatic carboxylic acids is 1. The fourth-order valence-corrected chi connectivity index (χ4v) is 2.28. The Balaban J connectivity index is 2.61. The molecule has 0 saturated carbocycles. The molecule has 0 fully saturated rings. The van der Waals surface area contributed by atoms with Crippen LogP contribution in [0.25, 0.3) is 11.3 Å². The molecule has 20 heavy (non-hydrogen) atoms. The number of methoxy groups -OCH3 is 1. The molecule has 106 valence electrons. The summed E-state index contributed by atoms with van der Waals surface area (Å²) in [5, 5.41) is 9.30. The van der Waals surface area contributed by atoms with Crippen LogP contribution in [0.5, 0.6) is 5.75 Å². The van der Waals surface area contributed by atoms with Gasteiger partial charge in [-0.3, -0.25) is 0 Å². The lowest BCUT2D eigenvalue weighted by atomic mass is 10.1. The highest BCUT2D eigenvalue weighted by Crippen LogP contribution is 2.33. The van der Waals surface area contributed by atoms with Crippen molar-refractivity contribution in [3.63, 3.8) is 0 Å². The Labute approximate surface area is 118 Å². The van der Waals surface area contributed by atoms with E-state index in [1.54, 1.807) is 13.2 Å². The van der Waals surface area contributed by atoms with E-state index in [4.69, 9.17) is 4.74 Å². The van der Waals surface area contributed by atoms with Gasteiger partial charge in [0.2, 0.25) is 0 Å². The maximum Gasteiger partial charge on any atom is 0.337 e. The molecule has 0 aliphatic rings. The molecule has 0 radical (unpaired) electrons. The Morgan fingerprint density at radius 2 is 2.00 bits per heavy atom. The first-order chi connectivity index (χ1) is 9.43. The highest BCUT2D eigenvalue weighted by molar-refractivity contribution is 5.91. The molecule has 4 heteroatoms. The number of carboxylic acids is 1. The van der Waals surface area contributed by atoms with Crippen LogP contribution in [0.2, 0.25) is 0 Å². The molecule has 0 unspecified atom stereocenters. The second-order valence-corrected chi connectivity index (χ2v) is 5.17. The van der Waals surface area contributed by atoms with Gasteiger partial charge in [-0.05, 0) is 31.0 Å². The van der Waals surface area contributed by atoms with Crippen molar-refractivity contribution in [2.75, 3.05) is 7.11 Å². The van der Waals surface area contributed by atoms with E-state index in [-0.39, 0.29) is 5.92 Å². The van der Waals surface area contributed by atoms with E-state index >= 15 is 0 Å². The van der Waals surface area contributed by atoms with Crippen LogP contribution in [0.15, 0.2) is 24.3 Å². The summed E-state index contributed by atoms with van der Waals surface area (Å²) in [6, 6.07) is 7.52. The number of aryl methyl sites for hydroxylation is 1. The van der Waals surface area contributed by atoms with Gasteiger partial charge in [-0.15, -0.1) is 0 Å². The summed E-state index contributed by atoms with van der Waals surface area (Å²) < 4.78 is 5.36. The third kappa shape index (κ3) is 2.54. The molecular formula is C16H19NO3. The monoisotopic (exact) mass is 273 g/mol. The Bertz CT molecular complexity index is 641. The molecule has 4 nitrogen and oxygen atoms in total.